The van der Waals surface area contributed by atoms with Crippen LogP contribution in [0.25, 0.3) is 10.8 Å². The zero-order valence-electron chi connectivity index (χ0n) is 17.7. The van der Waals surface area contributed by atoms with Gasteiger partial charge in [-0.25, -0.2) is 13.1 Å². The van der Waals surface area contributed by atoms with Crippen LogP contribution in [0.4, 0.5) is 0 Å². The van der Waals surface area contributed by atoms with Gasteiger partial charge in [0.05, 0.1) is 4.90 Å². The highest BCUT2D eigenvalue weighted by Crippen LogP contribution is 2.39. The van der Waals surface area contributed by atoms with Crippen molar-refractivity contribution in [2.75, 3.05) is 6.79 Å². The number of rotatable bonds is 5. The second-order valence-corrected chi connectivity index (χ2v) is 10.8. The molecule has 6 nitrogen and oxygen atoms in total. The second kappa shape index (κ2) is 7.76. The van der Waals surface area contributed by atoms with Gasteiger partial charge in [0.2, 0.25) is 16.8 Å². The molecule has 3 heterocycles. The first-order valence-electron chi connectivity index (χ1n) is 11.2. The molecule has 2 fully saturated rings. The molecule has 2 atom stereocenters. The van der Waals surface area contributed by atoms with E-state index in [1.807, 2.05) is 36.4 Å². The van der Waals surface area contributed by atoms with Gasteiger partial charge in [-0.05, 0) is 66.3 Å². The van der Waals surface area contributed by atoms with Crippen LogP contribution in [0.2, 0.25) is 0 Å². The molecule has 7 heteroatoms. The van der Waals surface area contributed by atoms with Gasteiger partial charge in [-0.2, -0.15) is 0 Å². The number of sulfonamides is 1. The van der Waals surface area contributed by atoms with Gasteiger partial charge in [-0.15, -0.1) is 0 Å². The Balaban J connectivity index is 1.15. The highest BCUT2D eigenvalue weighted by atomic mass is 32.2. The van der Waals surface area contributed by atoms with Crippen molar-refractivity contribution in [2.24, 2.45) is 0 Å². The highest BCUT2D eigenvalue weighted by Gasteiger charge is 2.41. The fourth-order valence-corrected chi connectivity index (χ4v) is 6.80. The van der Waals surface area contributed by atoms with Crippen LogP contribution in [0.15, 0.2) is 65.6 Å². The Labute approximate surface area is 188 Å². The molecule has 3 aliphatic heterocycles. The Morgan fingerprint density at radius 1 is 0.875 bits per heavy atom. The SMILES string of the molecule is O=S(=O)(NC1CC2CCC(C1)N2Cc1ccc2c(c1)OCO2)c1ccc2ccccc2c1. The van der Waals surface area contributed by atoms with Crippen molar-refractivity contribution in [1.82, 2.24) is 9.62 Å². The summed E-state index contributed by atoms with van der Waals surface area (Å²) in [4.78, 5) is 2.88. The zero-order valence-corrected chi connectivity index (χ0v) is 18.6. The number of benzene rings is 3. The summed E-state index contributed by atoms with van der Waals surface area (Å²) < 4.78 is 40.2. The van der Waals surface area contributed by atoms with E-state index in [2.05, 4.69) is 21.8 Å². The number of nitrogens with zero attached hydrogens (tertiary/aromatic N) is 1. The first-order valence-corrected chi connectivity index (χ1v) is 12.7. The summed E-state index contributed by atoms with van der Waals surface area (Å²) in [5.74, 6) is 1.62. The minimum absolute atomic E-state index is 0.0306. The summed E-state index contributed by atoms with van der Waals surface area (Å²) in [6.45, 7) is 1.14. The predicted molar refractivity (Wildman–Crippen MR) is 122 cm³/mol. The van der Waals surface area contributed by atoms with Crippen molar-refractivity contribution in [3.8, 4) is 11.5 Å². The standard InChI is InChI=1S/C25H26N2O4S/c28-32(29,23-9-6-18-3-1-2-4-19(18)12-23)26-20-13-21-7-8-22(14-20)27(21)15-17-5-10-24-25(11-17)31-16-30-24/h1-6,9-12,20-22,26H,7-8,13-16H2. The predicted octanol–water partition coefficient (Wildman–Crippen LogP) is 4.04. The lowest BCUT2D eigenvalue weighted by molar-refractivity contribution is 0.115. The Hall–Kier alpha value is -2.61. The first-order chi connectivity index (χ1) is 15.5. The van der Waals surface area contributed by atoms with E-state index in [-0.39, 0.29) is 12.8 Å². The van der Waals surface area contributed by atoms with Crippen LogP contribution in [0.5, 0.6) is 11.5 Å². The third-order valence-electron chi connectivity index (χ3n) is 7.04. The number of nitrogens with one attached hydrogen (secondary N) is 1. The van der Waals surface area contributed by atoms with Crippen molar-refractivity contribution in [3.63, 3.8) is 0 Å². The van der Waals surface area contributed by atoms with E-state index in [1.165, 1.54) is 5.56 Å². The molecule has 1 N–H and O–H groups in total. The summed E-state index contributed by atoms with van der Waals surface area (Å²) in [5, 5.41) is 1.98. The van der Waals surface area contributed by atoms with E-state index in [0.717, 1.165) is 54.5 Å². The average molecular weight is 451 g/mol. The molecule has 3 aromatic carbocycles. The molecule has 0 aliphatic carbocycles. The molecule has 166 valence electrons. The van der Waals surface area contributed by atoms with Crippen molar-refractivity contribution in [3.05, 3.63) is 66.2 Å². The maximum Gasteiger partial charge on any atom is 0.240 e. The average Bonchev–Trinajstić information content (AvgIpc) is 3.34. The summed E-state index contributed by atoms with van der Waals surface area (Å²) in [6, 6.07) is 20.1. The fraction of sp³-hybridized carbons (Fsp3) is 0.360. The Bertz CT molecular complexity index is 1260. The van der Waals surface area contributed by atoms with Gasteiger partial charge >= 0.3 is 0 Å². The zero-order chi connectivity index (χ0) is 21.7. The quantitative estimate of drug-likeness (QED) is 0.635. The monoisotopic (exact) mass is 450 g/mol. The molecule has 3 aliphatic rings. The molecule has 0 aromatic heterocycles. The minimum Gasteiger partial charge on any atom is -0.454 e. The fourth-order valence-electron chi connectivity index (χ4n) is 5.50. The lowest BCUT2D eigenvalue weighted by Gasteiger charge is -2.39. The molecule has 2 saturated heterocycles. The normalized spacial score (nSPS) is 24.8. The van der Waals surface area contributed by atoms with Crippen LogP contribution in [0, 0.1) is 0 Å². The van der Waals surface area contributed by atoms with Gasteiger partial charge in [-0.3, -0.25) is 4.90 Å². The van der Waals surface area contributed by atoms with Crippen LogP contribution >= 0.6 is 0 Å². The van der Waals surface area contributed by atoms with E-state index in [0.29, 0.717) is 17.0 Å². The van der Waals surface area contributed by atoms with Crippen molar-refractivity contribution in [2.45, 2.75) is 55.2 Å². The van der Waals surface area contributed by atoms with Crippen LogP contribution in [0.1, 0.15) is 31.2 Å². The smallest absolute Gasteiger partial charge is 0.240 e. The van der Waals surface area contributed by atoms with Crippen molar-refractivity contribution in [1.29, 1.82) is 0 Å². The van der Waals surface area contributed by atoms with Gasteiger partial charge in [-0.1, -0.05) is 36.4 Å². The molecule has 0 spiro atoms. The van der Waals surface area contributed by atoms with Crippen molar-refractivity contribution >= 4 is 20.8 Å². The molecule has 2 bridgehead atoms. The van der Waals surface area contributed by atoms with Gasteiger partial charge in [0.15, 0.2) is 11.5 Å². The third-order valence-corrected chi connectivity index (χ3v) is 8.56. The van der Waals surface area contributed by atoms with Gasteiger partial charge in [0.25, 0.3) is 0 Å². The number of hydrogen-bond acceptors (Lipinski definition) is 5. The summed E-state index contributed by atoms with van der Waals surface area (Å²) in [6.07, 6.45) is 3.91. The molecule has 0 amide bonds. The molecule has 0 saturated carbocycles. The maximum atomic E-state index is 13.1. The van der Waals surface area contributed by atoms with E-state index in [9.17, 15) is 8.42 Å². The van der Waals surface area contributed by atoms with Gasteiger partial charge in [0, 0.05) is 24.7 Å². The third kappa shape index (κ3) is 3.64. The lowest BCUT2D eigenvalue weighted by atomic mass is 9.97. The molecule has 2 unspecified atom stereocenters. The Morgan fingerprint density at radius 2 is 1.62 bits per heavy atom. The molecule has 0 radical (unpaired) electrons. The Kier molecular flexibility index (Phi) is 4.86. The van der Waals surface area contributed by atoms with E-state index < -0.39 is 10.0 Å². The minimum atomic E-state index is -3.55. The summed E-state index contributed by atoms with van der Waals surface area (Å²) in [7, 11) is -3.55. The number of piperidine rings is 1. The molecular weight excluding hydrogens is 424 g/mol. The summed E-state index contributed by atoms with van der Waals surface area (Å²) in [5.41, 5.74) is 1.21. The van der Waals surface area contributed by atoms with Crippen LogP contribution in [0.3, 0.4) is 0 Å². The van der Waals surface area contributed by atoms with Crippen LogP contribution in [-0.2, 0) is 16.6 Å². The first kappa shape index (κ1) is 20.0. The maximum absolute atomic E-state index is 13.1. The van der Waals surface area contributed by atoms with E-state index >= 15 is 0 Å². The highest BCUT2D eigenvalue weighted by molar-refractivity contribution is 7.89. The lowest BCUT2D eigenvalue weighted by Crippen LogP contribution is -2.49. The Morgan fingerprint density at radius 3 is 2.44 bits per heavy atom. The topological polar surface area (TPSA) is 67.9 Å². The van der Waals surface area contributed by atoms with E-state index in [4.69, 9.17) is 9.47 Å². The van der Waals surface area contributed by atoms with Gasteiger partial charge in [0.1, 0.15) is 0 Å². The van der Waals surface area contributed by atoms with Crippen LogP contribution < -0.4 is 14.2 Å². The molecule has 32 heavy (non-hydrogen) atoms. The molecular formula is C25H26N2O4S. The van der Waals surface area contributed by atoms with E-state index in [1.54, 1.807) is 12.1 Å². The van der Waals surface area contributed by atoms with Crippen molar-refractivity contribution < 1.29 is 17.9 Å². The number of hydrogen-bond donors (Lipinski definition) is 1. The summed E-state index contributed by atoms with van der Waals surface area (Å²) >= 11 is 0. The number of fused-ring (bicyclic) bond motifs is 4. The second-order valence-electron chi connectivity index (χ2n) is 9.04. The van der Waals surface area contributed by atoms with Crippen LogP contribution in [-0.4, -0.2) is 38.2 Å². The molecule has 6 rings (SSSR count). The van der Waals surface area contributed by atoms with Gasteiger partial charge < -0.3 is 9.47 Å². The molecule has 3 aromatic rings. The number of ether oxygens (including phenoxy) is 2. The largest absolute Gasteiger partial charge is 0.454 e.